The van der Waals surface area contributed by atoms with Crippen LogP contribution in [0.4, 0.5) is 0 Å². The second kappa shape index (κ2) is 5.30. The lowest BCUT2D eigenvalue weighted by molar-refractivity contribution is 0.340. The highest BCUT2D eigenvalue weighted by Crippen LogP contribution is 2.33. The Morgan fingerprint density at radius 1 is 1.28 bits per heavy atom. The van der Waals surface area contributed by atoms with Gasteiger partial charge in [-0.25, -0.2) is 8.42 Å². The van der Waals surface area contributed by atoms with Crippen LogP contribution in [0, 0.1) is 0 Å². The summed E-state index contributed by atoms with van der Waals surface area (Å²) in [6, 6.07) is 10.8. The zero-order chi connectivity index (χ0) is 13.2. The van der Waals surface area contributed by atoms with E-state index in [0.717, 1.165) is 27.5 Å². The van der Waals surface area contributed by atoms with E-state index in [1.54, 1.807) is 6.07 Å². The Morgan fingerprint density at radius 3 is 2.67 bits per heavy atom. The fraction of sp³-hybridized carbons (Fsp3) is 0.167. The minimum atomic E-state index is -3.65. The summed E-state index contributed by atoms with van der Waals surface area (Å²) in [5, 5.41) is 0. The highest BCUT2D eigenvalue weighted by atomic mass is 35.7. The van der Waals surface area contributed by atoms with E-state index in [4.69, 9.17) is 15.4 Å². The standard InChI is InChI=1S/C12H11ClO3S2/c1-2-16-10-5-3-4-9(8-10)11-6-7-12(17-11)18(13,14)15/h3-8H,2H2,1H3. The number of thiophene rings is 1. The first-order chi connectivity index (χ1) is 8.50. The quantitative estimate of drug-likeness (QED) is 0.808. The van der Waals surface area contributed by atoms with Gasteiger partial charge in [-0.15, -0.1) is 11.3 Å². The van der Waals surface area contributed by atoms with Crippen LogP contribution in [0.1, 0.15) is 6.92 Å². The molecule has 1 heterocycles. The van der Waals surface area contributed by atoms with Gasteiger partial charge in [0.25, 0.3) is 9.05 Å². The van der Waals surface area contributed by atoms with Crippen LogP contribution < -0.4 is 4.74 Å². The van der Waals surface area contributed by atoms with Crippen molar-refractivity contribution in [2.45, 2.75) is 11.1 Å². The molecule has 0 saturated heterocycles. The Morgan fingerprint density at radius 2 is 2.06 bits per heavy atom. The van der Waals surface area contributed by atoms with Crippen LogP contribution >= 0.6 is 22.0 Å². The van der Waals surface area contributed by atoms with Gasteiger partial charge in [-0.2, -0.15) is 0 Å². The fourth-order valence-corrected chi connectivity index (χ4v) is 3.58. The second-order valence-corrected chi connectivity index (χ2v) is 7.39. The zero-order valence-corrected chi connectivity index (χ0v) is 12.0. The molecule has 3 nitrogen and oxygen atoms in total. The van der Waals surface area contributed by atoms with Crippen molar-refractivity contribution in [2.75, 3.05) is 6.61 Å². The van der Waals surface area contributed by atoms with E-state index in [9.17, 15) is 8.42 Å². The van der Waals surface area contributed by atoms with E-state index in [-0.39, 0.29) is 4.21 Å². The third kappa shape index (κ3) is 3.04. The van der Waals surface area contributed by atoms with Gasteiger partial charge in [0, 0.05) is 15.6 Å². The molecule has 0 fully saturated rings. The maximum Gasteiger partial charge on any atom is 0.270 e. The molecule has 0 amide bonds. The van der Waals surface area contributed by atoms with Gasteiger partial charge in [0.15, 0.2) is 0 Å². The van der Waals surface area contributed by atoms with Crippen LogP contribution in [0.15, 0.2) is 40.6 Å². The Hall–Kier alpha value is -1.04. The normalized spacial score (nSPS) is 11.4. The van der Waals surface area contributed by atoms with Crippen molar-refractivity contribution in [3.8, 4) is 16.2 Å². The number of halogens is 1. The molecule has 1 aromatic carbocycles. The van der Waals surface area contributed by atoms with E-state index < -0.39 is 9.05 Å². The third-order valence-electron chi connectivity index (χ3n) is 2.25. The molecule has 0 bridgehead atoms. The summed E-state index contributed by atoms with van der Waals surface area (Å²) in [5.74, 6) is 0.763. The van der Waals surface area contributed by atoms with Gasteiger partial charge in [0.1, 0.15) is 9.96 Å². The topological polar surface area (TPSA) is 43.4 Å². The number of hydrogen-bond donors (Lipinski definition) is 0. The Balaban J connectivity index is 2.37. The molecule has 2 aromatic rings. The first-order valence-electron chi connectivity index (χ1n) is 5.28. The molecule has 96 valence electrons. The van der Waals surface area contributed by atoms with Gasteiger partial charge in [-0.3, -0.25) is 0 Å². The zero-order valence-electron chi connectivity index (χ0n) is 9.59. The molecule has 0 spiro atoms. The van der Waals surface area contributed by atoms with E-state index in [2.05, 4.69) is 0 Å². The average molecular weight is 303 g/mol. The van der Waals surface area contributed by atoms with E-state index in [1.807, 2.05) is 31.2 Å². The molecular weight excluding hydrogens is 292 g/mol. The van der Waals surface area contributed by atoms with Crippen LogP contribution in [-0.4, -0.2) is 15.0 Å². The van der Waals surface area contributed by atoms with Crippen molar-refractivity contribution >= 4 is 31.1 Å². The molecule has 0 saturated carbocycles. The summed E-state index contributed by atoms with van der Waals surface area (Å²) in [6.45, 7) is 2.51. The first kappa shape index (κ1) is 13.4. The smallest absolute Gasteiger partial charge is 0.270 e. The van der Waals surface area contributed by atoms with Crippen LogP contribution in [-0.2, 0) is 9.05 Å². The summed E-state index contributed by atoms with van der Waals surface area (Å²) in [7, 11) is 1.65. The Bertz CT molecular complexity index is 647. The second-order valence-electron chi connectivity index (χ2n) is 3.52. The summed E-state index contributed by atoms with van der Waals surface area (Å²) in [4.78, 5) is 0.843. The van der Waals surface area contributed by atoms with E-state index in [1.165, 1.54) is 6.07 Å². The SMILES string of the molecule is CCOc1cccc(-c2ccc(S(=O)(=O)Cl)s2)c1. The molecule has 18 heavy (non-hydrogen) atoms. The van der Waals surface area contributed by atoms with Crippen LogP contribution in [0.25, 0.3) is 10.4 Å². The molecule has 6 heteroatoms. The Labute approximate surface area is 114 Å². The van der Waals surface area contributed by atoms with Crippen molar-refractivity contribution < 1.29 is 13.2 Å². The summed E-state index contributed by atoms with van der Waals surface area (Å²) in [5.41, 5.74) is 0.914. The monoisotopic (exact) mass is 302 g/mol. The van der Waals surface area contributed by atoms with Crippen molar-refractivity contribution in [1.82, 2.24) is 0 Å². The van der Waals surface area contributed by atoms with E-state index in [0.29, 0.717) is 6.61 Å². The average Bonchev–Trinajstić information content (AvgIpc) is 2.78. The lowest BCUT2D eigenvalue weighted by atomic mass is 10.2. The van der Waals surface area contributed by atoms with Crippen molar-refractivity contribution in [3.05, 3.63) is 36.4 Å². The van der Waals surface area contributed by atoms with Gasteiger partial charge in [0.05, 0.1) is 6.61 Å². The minimum absolute atomic E-state index is 0.154. The highest BCUT2D eigenvalue weighted by Gasteiger charge is 2.14. The van der Waals surface area contributed by atoms with Gasteiger partial charge in [-0.05, 0) is 36.8 Å². The predicted octanol–water partition coefficient (Wildman–Crippen LogP) is 3.74. The molecule has 0 N–H and O–H groups in total. The molecular formula is C12H11ClO3S2. The number of benzene rings is 1. The maximum atomic E-state index is 11.2. The van der Waals surface area contributed by atoms with Gasteiger partial charge < -0.3 is 4.74 Å². The fourth-order valence-electron chi connectivity index (χ4n) is 1.51. The number of hydrogen-bond acceptors (Lipinski definition) is 4. The molecule has 0 aliphatic carbocycles. The lowest BCUT2D eigenvalue weighted by Crippen LogP contribution is -1.90. The summed E-state index contributed by atoms with van der Waals surface area (Å²) in [6.07, 6.45) is 0. The third-order valence-corrected chi connectivity index (χ3v) is 5.48. The molecule has 1 aromatic heterocycles. The van der Waals surface area contributed by atoms with Crippen molar-refractivity contribution in [2.24, 2.45) is 0 Å². The predicted molar refractivity (Wildman–Crippen MR) is 74.0 cm³/mol. The molecule has 0 aliphatic rings. The van der Waals surface area contributed by atoms with Crippen LogP contribution in [0.2, 0.25) is 0 Å². The van der Waals surface area contributed by atoms with E-state index >= 15 is 0 Å². The first-order valence-corrected chi connectivity index (χ1v) is 8.41. The highest BCUT2D eigenvalue weighted by molar-refractivity contribution is 8.15. The van der Waals surface area contributed by atoms with Crippen molar-refractivity contribution in [1.29, 1.82) is 0 Å². The summed E-state index contributed by atoms with van der Waals surface area (Å²) >= 11 is 1.14. The molecule has 0 aliphatic heterocycles. The molecule has 2 rings (SSSR count). The molecule has 0 radical (unpaired) electrons. The van der Waals surface area contributed by atoms with Crippen molar-refractivity contribution in [3.63, 3.8) is 0 Å². The van der Waals surface area contributed by atoms with Crippen LogP contribution in [0.3, 0.4) is 0 Å². The molecule has 0 unspecified atom stereocenters. The van der Waals surface area contributed by atoms with Crippen LogP contribution in [0.5, 0.6) is 5.75 Å². The van der Waals surface area contributed by atoms with Gasteiger partial charge >= 0.3 is 0 Å². The number of rotatable bonds is 4. The van der Waals surface area contributed by atoms with Gasteiger partial charge in [-0.1, -0.05) is 12.1 Å². The lowest BCUT2D eigenvalue weighted by Gasteiger charge is -2.04. The summed E-state index contributed by atoms with van der Waals surface area (Å²) < 4.78 is 28.0. The van der Waals surface area contributed by atoms with Gasteiger partial charge in [0.2, 0.25) is 0 Å². The number of ether oxygens (including phenoxy) is 1. The molecule has 0 atom stereocenters. The minimum Gasteiger partial charge on any atom is -0.494 e. The Kier molecular flexibility index (Phi) is 3.94. The largest absolute Gasteiger partial charge is 0.494 e. The maximum absolute atomic E-state index is 11.2.